The fourth-order valence-corrected chi connectivity index (χ4v) is 5.89. The first-order valence-corrected chi connectivity index (χ1v) is 14.2. The second-order valence-corrected chi connectivity index (χ2v) is 12.2. The molecule has 1 saturated heterocycles. The van der Waals surface area contributed by atoms with Gasteiger partial charge >= 0.3 is 0 Å². The Morgan fingerprint density at radius 1 is 1.14 bits per heavy atom. The van der Waals surface area contributed by atoms with Gasteiger partial charge in [0, 0.05) is 24.6 Å². The van der Waals surface area contributed by atoms with Crippen LogP contribution in [-0.2, 0) is 9.84 Å². The van der Waals surface area contributed by atoms with Gasteiger partial charge in [-0.15, -0.1) is 0 Å². The van der Waals surface area contributed by atoms with Crippen LogP contribution in [0.2, 0.25) is 0 Å². The molecule has 0 N–H and O–H groups in total. The molecule has 1 aliphatic carbocycles. The van der Waals surface area contributed by atoms with Gasteiger partial charge in [0.15, 0.2) is 15.6 Å². The van der Waals surface area contributed by atoms with Crippen molar-refractivity contribution in [3.8, 4) is 17.0 Å². The predicted molar refractivity (Wildman–Crippen MR) is 132 cm³/mol. The number of carbonyl (C=O) groups excluding carboxylic acids is 2. The maximum Gasteiger partial charge on any atom is 0.256 e. The summed E-state index contributed by atoms with van der Waals surface area (Å²) in [4.78, 5) is 31.2. The van der Waals surface area contributed by atoms with Crippen molar-refractivity contribution in [2.75, 3.05) is 24.6 Å². The molecule has 0 bridgehead atoms. The molecule has 3 aromatic rings. The number of Topliss-reactive ketones (excluding diaryl/α,β-unsaturated/α-hetero) is 1. The van der Waals surface area contributed by atoms with Crippen LogP contribution in [0.25, 0.3) is 11.3 Å². The fraction of sp³-hybridized carbons (Fsp3) is 0.360. The zero-order chi connectivity index (χ0) is 25.4. The predicted octanol–water partition coefficient (Wildman–Crippen LogP) is 3.95. The third-order valence-electron chi connectivity index (χ3n) is 6.31. The van der Waals surface area contributed by atoms with Gasteiger partial charge in [0.1, 0.15) is 23.4 Å². The highest BCUT2D eigenvalue weighted by Crippen LogP contribution is 2.33. The van der Waals surface area contributed by atoms with Crippen LogP contribution < -0.4 is 4.74 Å². The Morgan fingerprint density at radius 2 is 1.89 bits per heavy atom. The minimum Gasteiger partial charge on any atom is -0.484 e. The van der Waals surface area contributed by atoms with E-state index in [1.807, 2.05) is 6.92 Å². The van der Waals surface area contributed by atoms with Crippen LogP contribution in [-0.4, -0.2) is 59.0 Å². The highest BCUT2D eigenvalue weighted by Gasteiger charge is 2.31. The van der Waals surface area contributed by atoms with E-state index < -0.39 is 21.6 Å². The maximum absolute atomic E-state index is 14.8. The van der Waals surface area contributed by atoms with E-state index >= 15 is 0 Å². The molecule has 0 radical (unpaired) electrons. The molecule has 0 spiro atoms. The number of amides is 1. The van der Waals surface area contributed by atoms with Gasteiger partial charge in [0.2, 0.25) is 0 Å². The van der Waals surface area contributed by atoms with E-state index in [9.17, 15) is 22.4 Å². The van der Waals surface area contributed by atoms with Gasteiger partial charge in [-0.2, -0.15) is 4.37 Å². The molecule has 11 heteroatoms. The molecule has 188 valence electrons. The summed E-state index contributed by atoms with van der Waals surface area (Å²) < 4.78 is 48.4. The van der Waals surface area contributed by atoms with Crippen molar-refractivity contribution in [1.82, 2.24) is 14.3 Å². The lowest BCUT2D eigenvalue weighted by atomic mass is 10.1. The molecular weight excluding hydrogens is 505 g/mol. The number of ketones is 1. The Labute approximate surface area is 212 Å². The largest absolute Gasteiger partial charge is 0.484 e. The number of carbonyl (C=O) groups is 2. The number of pyridine rings is 1. The summed E-state index contributed by atoms with van der Waals surface area (Å²) in [6.45, 7) is 1.98. The summed E-state index contributed by atoms with van der Waals surface area (Å²) in [7, 11) is -3.14. The van der Waals surface area contributed by atoms with Gasteiger partial charge in [0.25, 0.3) is 5.91 Å². The zero-order valence-electron chi connectivity index (χ0n) is 19.5. The van der Waals surface area contributed by atoms with Gasteiger partial charge < -0.3 is 9.64 Å². The van der Waals surface area contributed by atoms with Gasteiger partial charge in [-0.25, -0.2) is 17.8 Å². The molecule has 1 amide bonds. The minimum atomic E-state index is -3.14. The summed E-state index contributed by atoms with van der Waals surface area (Å²) in [6, 6.07) is 9.50. The molecule has 8 nitrogen and oxygen atoms in total. The van der Waals surface area contributed by atoms with Crippen molar-refractivity contribution in [3.05, 3.63) is 64.5 Å². The molecule has 1 aromatic carbocycles. The Hall–Kier alpha value is -3.18. The number of hydrogen-bond donors (Lipinski definition) is 0. The molecule has 36 heavy (non-hydrogen) atoms. The highest BCUT2D eigenvalue weighted by atomic mass is 32.2. The molecule has 1 aliphatic heterocycles. The second kappa shape index (κ2) is 9.70. The maximum atomic E-state index is 14.8. The van der Waals surface area contributed by atoms with Crippen LogP contribution in [0, 0.1) is 11.7 Å². The van der Waals surface area contributed by atoms with Crippen LogP contribution in [0.3, 0.4) is 0 Å². The van der Waals surface area contributed by atoms with Gasteiger partial charge in [0.05, 0.1) is 33.8 Å². The summed E-state index contributed by atoms with van der Waals surface area (Å²) >= 11 is 1.23. The number of nitrogens with zero attached hydrogens (tertiary/aromatic N) is 3. The van der Waals surface area contributed by atoms with Gasteiger partial charge in [-0.3, -0.25) is 9.59 Å². The number of halogens is 1. The van der Waals surface area contributed by atoms with Crippen molar-refractivity contribution in [2.24, 2.45) is 5.92 Å². The minimum absolute atomic E-state index is 0.0603. The molecule has 0 unspecified atom stereocenters. The summed E-state index contributed by atoms with van der Waals surface area (Å²) in [6.07, 6.45) is 3.05. The summed E-state index contributed by atoms with van der Waals surface area (Å²) in [5.41, 5.74) is 1.42. The van der Waals surface area contributed by atoms with E-state index in [1.54, 1.807) is 24.3 Å². The first kappa shape index (κ1) is 24.5. The Kier molecular flexibility index (Phi) is 6.60. The van der Waals surface area contributed by atoms with Gasteiger partial charge in [-0.05, 0) is 61.6 Å². The first-order chi connectivity index (χ1) is 17.2. The lowest BCUT2D eigenvalue weighted by molar-refractivity contribution is 0.0765. The van der Waals surface area contributed by atoms with Gasteiger partial charge in [-0.1, -0.05) is 6.07 Å². The molecule has 3 heterocycles. The number of aromatic nitrogens is 2. The third-order valence-corrected chi connectivity index (χ3v) is 8.86. The van der Waals surface area contributed by atoms with Crippen molar-refractivity contribution < 1.29 is 27.1 Å². The van der Waals surface area contributed by atoms with E-state index in [4.69, 9.17) is 4.74 Å². The third kappa shape index (κ3) is 5.31. The zero-order valence-corrected chi connectivity index (χ0v) is 21.1. The monoisotopic (exact) mass is 529 g/mol. The lowest BCUT2D eigenvalue weighted by Gasteiger charge is -2.26. The molecular formula is C25H24FN3O5S2. The van der Waals surface area contributed by atoms with Crippen molar-refractivity contribution >= 4 is 33.1 Å². The quantitative estimate of drug-likeness (QED) is 0.427. The Morgan fingerprint density at radius 3 is 2.53 bits per heavy atom. The normalized spacial score (nSPS) is 18.0. The van der Waals surface area contributed by atoms with Crippen LogP contribution in [0.5, 0.6) is 5.75 Å². The standard InChI is InChI=1S/C25H24FN3O5S2/c1-15(34-18-5-7-21(27-14-18)24(30)16-2-3-16)23-13-22(28-35-23)17-4-6-19(20(26)12-17)25(31)29-8-10-36(32,33)11-9-29/h4-7,12-16H,2-3,8-11H2,1H3/t15-/m1/s1. The molecule has 2 aliphatic rings. The SMILES string of the molecule is C[C@@H](Oc1ccc(C(=O)C2CC2)nc1)c1cc(-c2ccc(C(=O)N3CCS(=O)(=O)CC3)c(F)c2)ns1. The van der Waals surface area contributed by atoms with E-state index in [-0.39, 0.29) is 48.0 Å². The second-order valence-electron chi connectivity index (χ2n) is 9.03. The molecule has 2 fully saturated rings. The number of ether oxygens (including phenoxy) is 1. The average molecular weight is 530 g/mol. The Bertz CT molecular complexity index is 1400. The van der Waals surface area contributed by atoms with E-state index in [0.717, 1.165) is 17.7 Å². The first-order valence-electron chi connectivity index (χ1n) is 11.6. The van der Waals surface area contributed by atoms with Crippen LogP contribution in [0.4, 0.5) is 4.39 Å². The average Bonchev–Trinajstić information content (AvgIpc) is 3.59. The fourth-order valence-electron chi connectivity index (χ4n) is 3.96. The smallest absolute Gasteiger partial charge is 0.256 e. The summed E-state index contributed by atoms with van der Waals surface area (Å²) in [5.74, 6) is -0.711. The van der Waals surface area contributed by atoms with Crippen LogP contribution in [0.15, 0.2) is 42.6 Å². The number of sulfone groups is 1. The Balaban J connectivity index is 1.24. The number of benzene rings is 1. The van der Waals surface area contributed by atoms with Crippen molar-refractivity contribution in [1.29, 1.82) is 0 Å². The number of hydrogen-bond acceptors (Lipinski definition) is 8. The van der Waals surface area contributed by atoms with E-state index in [2.05, 4.69) is 9.36 Å². The van der Waals surface area contributed by atoms with Crippen LogP contribution >= 0.6 is 11.5 Å². The van der Waals surface area contributed by atoms with E-state index in [1.165, 1.54) is 34.8 Å². The van der Waals surface area contributed by atoms with Crippen LogP contribution in [0.1, 0.15) is 51.6 Å². The molecule has 2 aromatic heterocycles. The summed E-state index contributed by atoms with van der Waals surface area (Å²) in [5, 5.41) is 0. The van der Waals surface area contributed by atoms with Crippen molar-refractivity contribution in [3.63, 3.8) is 0 Å². The van der Waals surface area contributed by atoms with Crippen molar-refractivity contribution in [2.45, 2.75) is 25.9 Å². The molecule has 1 atom stereocenters. The highest BCUT2D eigenvalue weighted by molar-refractivity contribution is 7.91. The molecule has 5 rings (SSSR count). The number of rotatable bonds is 7. The topological polar surface area (TPSA) is 107 Å². The van der Waals surface area contributed by atoms with E-state index in [0.29, 0.717) is 22.7 Å². The lowest BCUT2D eigenvalue weighted by Crippen LogP contribution is -2.44. The molecule has 1 saturated carbocycles.